The monoisotopic (exact) mass is 257 g/mol. The van der Waals surface area contributed by atoms with Gasteiger partial charge in [0.1, 0.15) is 11.3 Å². The second-order valence-electron chi connectivity index (χ2n) is 4.17. The molecule has 1 aromatic carbocycles. The number of methoxy groups -OCH3 is 1. The van der Waals surface area contributed by atoms with Crippen LogP contribution in [0.5, 0.6) is 5.75 Å². The lowest BCUT2D eigenvalue weighted by atomic mass is 10.1. The minimum absolute atomic E-state index is 0.375. The SMILES string of the molecule is COc1cc2oc(=O)cc(C)c2cc1-c1ccno1. The maximum absolute atomic E-state index is 11.4. The van der Waals surface area contributed by atoms with E-state index in [0.29, 0.717) is 17.1 Å². The summed E-state index contributed by atoms with van der Waals surface area (Å²) in [6.07, 6.45) is 1.57. The van der Waals surface area contributed by atoms with Crippen molar-refractivity contribution in [3.63, 3.8) is 0 Å². The maximum atomic E-state index is 11.4. The molecule has 2 heterocycles. The highest BCUT2D eigenvalue weighted by Crippen LogP contribution is 2.34. The molecule has 0 fully saturated rings. The summed E-state index contributed by atoms with van der Waals surface area (Å²) < 4.78 is 15.6. The van der Waals surface area contributed by atoms with Crippen molar-refractivity contribution in [2.45, 2.75) is 6.92 Å². The second kappa shape index (κ2) is 4.28. The quantitative estimate of drug-likeness (QED) is 0.660. The Morgan fingerprint density at radius 2 is 2.11 bits per heavy atom. The van der Waals surface area contributed by atoms with Gasteiger partial charge in [0.05, 0.1) is 18.9 Å². The van der Waals surface area contributed by atoms with Crippen molar-refractivity contribution in [3.05, 3.63) is 46.4 Å². The Morgan fingerprint density at radius 1 is 1.26 bits per heavy atom. The van der Waals surface area contributed by atoms with Crippen molar-refractivity contribution in [3.8, 4) is 17.1 Å². The third kappa shape index (κ3) is 1.89. The number of rotatable bonds is 2. The third-order valence-corrected chi connectivity index (χ3v) is 2.97. The minimum atomic E-state index is -0.375. The Bertz CT molecular complexity index is 787. The topological polar surface area (TPSA) is 65.5 Å². The van der Waals surface area contributed by atoms with Crippen LogP contribution in [0.2, 0.25) is 0 Å². The normalized spacial score (nSPS) is 10.8. The summed E-state index contributed by atoms with van der Waals surface area (Å²) in [4.78, 5) is 11.4. The Balaban J connectivity index is 2.37. The standard InChI is InChI=1S/C14H11NO4/c1-8-5-14(16)18-13-7-12(17-2)10(6-9(8)13)11-3-4-15-19-11/h3-7H,1-2H3. The van der Waals surface area contributed by atoms with Crippen LogP contribution in [-0.4, -0.2) is 12.3 Å². The summed E-state index contributed by atoms with van der Waals surface area (Å²) >= 11 is 0. The van der Waals surface area contributed by atoms with Gasteiger partial charge in [-0.1, -0.05) is 5.16 Å². The van der Waals surface area contributed by atoms with Gasteiger partial charge < -0.3 is 13.7 Å². The number of hydrogen-bond donors (Lipinski definition) is 0. The first-order valence-corrected chi connectivity index (χ1v) is 5.72. The number of hydrogen-bond acceptors (Lipinski definition) is 5. The van der Waals surface area contributed by atoms with Gasteiger partial charge in [0, 0.05) is 23.6 Å². The van der Waals surface area contributed by atoms with E-state index in [9.17, 15) is 4.79 Å². The van der Waals surface area contributed by atoms with E-state index in [-0.39, 0.29) is 5.63 Å². The fourth-order valence-electron chi connectivity index (χ4n) is 2.06. The molecule has 0 unspecified atom stereocenters. The van der Waals surface area contributed by atoms with Crippen LogP contribution in [0.25, 0.3) is 22.3 Å². The van der Waals surface area contributed by atoms with Gasteiger partial charge in [-0.2, -0.15) is 0 Å². The van der Waals surface area contributed by atoms with E-state index in [4.69, 9.17) is 13.7 Å². The summed E-state index contributed by atoms with van der Waals surface area (Å²) in [7, 11) is 1.55. The highest BCUT2D eigenvalue weighted by atomic mass is 16.5. The molecule has 0 bridgehead atoms. The molecule has 0 saturated carbocycles. The fraction of sp³-hybridized carbons (Fsp3) is 0.143. The molecule has 5 nitrogen and oxygen atoms in total. The van der Waals surface area contributed by atoms with Crippen LogP contribution in [-0.2, 0) is 0 Å². The lowest BCUT2D eigenvalue weighted by Crippen LogP contribution is -1.98. The van der Waals surface area contributed by atoms with Crippen LogP contribution >= 0.6 is 0 Å². The summed E-state index contributed by atoms with van der Waals surface area (Å²) in [6.45, 7) is 1.86. The summed E-state index contributed by atoms with van der Waals surface area (Å²) in [5.74, 6) is 1.17. The van der Waals surface area contributed by atoms with Crippen molar-refractivity contribution in [1.29, 1.82) is 0 Å². The summed E-state index contributed by atoms with van der Waals surface area (Å²) in [5, 5.41) is 4.53. The van der Waals surface area contributed by atoms with Crippen molar-refractivity contribution >= 4 is 11.0 Å². The average molecular weight is 257 g/mol. The number of nitrogens with zero attached hydrogens (tertiary/aromatic N) is 1. The Hall–Kier alpha value is -2.56. The molecule has 96 valence electrons. The van der Waals surface area contributed by atoms with E-state index in [0.717, 1.165) is 16.5 Å². The number of aryl methyl sites for hydroxylation is 1. The van der Waals surface area contributed by atoms with E-state index < -0.39 is 0 Å². The first-order valence-electron chi connectivity index (χ1n) is 5.72. The number of ether oxygens (including phenoxy) is 1. The second-order valence-corrected chi connectivity index (χ2v) is 4.17. The van der Waals surface area contributed by atoms with E-state index >= 15 is 0 Å². The molecule has 0 aliphatic rings. The van der Waals surface area contributed by atoms with Gasteiger partial charge in [0.25, 0.3) is 0 Å². The maximum Gasteiger partial charge on any atom is 0.336 e. The molecule has 0 saturated heterocycles. The largest absolute Gasteiger partial charge is 0.496 e. The van der Waals surface area contributed by atoms with Gasteiger partial charge >= 0.3 is 5.63 Å². The van der Waals surface area contributed by atoms with E-state index in [1.165, 1.54) is 6.07 Å². The van der Waals surface area contributed by atoms with Crippen molar-refractivity contribution in [2.24, 2.45) is 0 Å². The Morgan fingerprint density at radius 3 is 2.79 bits per heavy atom. The van der Waals surface area contributed by atoms with Crippen molar-refractivity contribution in [1.82, 2.24) is 5.16 Å². The molecule has 5 heteroatoms. The zero-order valence-electron chi connectivity index (χ0n) is 10.5. The lowest BCUT2D eigenvalue weighted by molar-refractivity contribution is 0.405. The van der Waals surface area contributed by atoms with Crippen LogP contribution in [0.1, 0.15) is 5.56 Å². The van der Waals surface area contributed by atoms with Crippen LogP contribution in [0.4, 0.5) is 0 Å². The van der Waals surface area contributed by atoms with Crippen LogP contribution in [0.15, 0.2) is 44.2 Å². The highest BCUT2D eigenvalue weighted by molar-refractivity contribution is 5.88. The molecule has 0 N–H and O–H groups in total. The summed E-state index contributed by atoms with van der Waals surface area (Å²) in [5.41, 5.74) is 1.73. The smallest absolute Gasteiger partial charge is 0.336 e. The zero-order valence-corrected chi connectivity index (χ0v) is 10.5. The van der Waals surface area contributed by atoms with Gasteiger partial charge in [0.15, 0.2) is 5.76 Å². The molecule has 0 atom stereocenters. The molecule has 3 aromatic rings. The fourth-order valence-corrected chi connectivity index (χ4v) is 2.06. The molecule has 0 radical (unpaired) electrons. The van der Waals surface area contributed by atoms with Crippen LogP contribution in [0.3, 0.4) is 0 Å². The number of aromatic nitrogens is 1. The predicted molar refractivity (Wildman–Crippen MR) is 69.3 cm³/mol. The van der Waals surface area contributed by atoms with Crippen molar-refractivity contribution < 1.29 is 13.7 Å². The van der Waals surface area contributed by atoms with Gasteiger partial charge in [-0.3, -0.25) is 0 Å². The molecule has 2 aromatic heterocycles. The Kier molecular flexibility index (Phi) is 2.59. The lowest BCUT2D eigenvalue weighted by Gasteiger charge is -2.08. The molecule has 19 heavy (non-hydrogen) atoms. The van der Waals surface area contributed by atoms with E-state index in [1.54, 1.807) is 25.4 Å². The van der Waals surface area contributed by atoms with Crippen molar-refractivity contribution in [2.75, 3.05) is 7.11 Å². The molecule has 0 amide bonds. The molecule has 0 aliphatic carbocycles. The molecular formula is C14H11NO4. The molecule has 3 rings (SSSR count). The molecule has 0 aliphatic heterocycles. The van der Waals surface area contributed by atoms with Gasteiger partial charge in [-0.05, 0) is 18.6 Å². The van der Waals surface area contributed by atoms with Crippen LogP contribution in [0, 0.1) is 6.92 Å². The average Bonchev–Trinajstić information content (AvgIpc) is 2.91. The van der Waals surface area contributed by atoms with Gasteiger partial charge in [-0.15, -0.1) is 0 Å². The number of benzene rings is 1. The molecule has 0 spiro atoms. The Labute approximate surface area is 108 Å². The molecular weight excluding hydrogens is 246 g/mol. The van der Waals surface area contributed by atoms with Gasteiger partial charge in [-0.25, -0.2) is 4.79 Å². The van der Waals surface area contributed by atoms with Gasteiger partial charge in [0.2, 0.25) is 0 Å². The van der Waals surface area contributed by atoms with E-state index in [2.05, 4.69) is 5.16 Å². The van der Waals surface area contributed by atoms with Crippen LogP contribution < -0.4 is 10.4 Å². The third-order valence-electron chi connectivity index (χ3n) is 2.97. The van der Waals surface area contributed by atoms with E-state index in [1.807, 2.05) is 13.0 Å². The number of fused-ring (bicyclic) bond motifs is 1. The first kappa shape index (κ1) is 11.5. The minimum Gasteiger partial charge on any atom is -0.496 e. The first-order chi connectivity index (χ1) is 9.19. The predicted octanol–water partition coefficient (Wildman–Crippen LogP) is 2.77. The highest BCUT2D eigenvalue weighted by Gasteiger charge is 2.13. The summed E-state index contributed by atoms with van der Waals surface area (Å²) in [6, 6.07) is 6.76. The zero-order chi connectivity index (χ0) is 13.4.